The second kappa shape index (κ2) is 9.65. The van der Waals surface area contributed by atoms with Crippen LogP contribution in [-0.4, -0.2) is 18.2 Å². The van der Waals surface area contributed by atoms with Gasteiger partial charge < -0.3 is 23.1 Å². The van der Waals surface area contributed by atoms with Crippen molar-refractivity contribution in [3.8, 4) is 22.6 Å². The second-order valence-electron chi connectivity index (χ2n) is 7.87. The Hall–Kier alpha value is -2.86. The van der Waals surface area contributed by atoms with Crippen LogP contribution in [0.2, 0.25) is 0 Å². The SMILES string of the molecule is CCOP(=O)(OCC)C(NP1(=O)Oc2ccccc2-c2ccccc2O1)c1c[nH]c2ccccc12. The second-order valence-corrected chi connectivity index (χ2v) is 11.6. The summed E-state index contributed by atoms with van der Waals surface area (Å²) in [5, 5.41) is 3.72. The van der Waals surface area contributed by atoms with Gasteiger partial charge in [-0.05, 0) is 32.0 Å². The number of benzene rings is 3. The summed E-state index contributed by atoms with van der Waals surface area (Å²) in [6.07, 6.45) is 1.71. The Labute approximate surface area is 203 Å². The molecule has 3 aromatic carbocycles. The van der Waals surface area contributed by atoms with Crippen LogP contribution in [0.1, 0.15) is 25.2 Å². The fourth-order valence-electron chi connectivity index (χ4n) is 4.19. The van der Waals surface area contributed by atoms with Gasteiger partial charge in [0, 0.05) is 33.8 Å². The number of aromatic amines is 1. The molecule has 10 heteroatoms. The van der Waals surface area contributed by atoms with Crippen LogP contribution in [-0.2, 0) is 18.2 Å². The summed E-state index contributed by atoms with van der Waals surface area (Å²) in [4.78, 5) is 3.17. The van der Waals surface area contributed by atoms with Crippen LogP contribution < -0.4 is 14.1 Å². The molecule has 0 saturated heterocycles. The summed E-state index contributed by atoms with van der Waals surface area (Å²) < 4.78 is 51.7. The first-order valence-corrected chi connectivity index (χ1v) is 14.5. The van der Waals surface area contributed by atoms with Crippen LogP contribution in [0, 0.1) is 0 Å². The lowest BCUT2D eigenvalue weighted by atomic mass is 10.0. The largest absolute Gasteiger partial charge is 0.514 e. The highest BCUT2D eigenvalue weighted by Gasteiger charge is 2.46. The van der Waals surface area contributed by atoms with Crippen molar-refractivity contribution in [1.29, 1.82) is 0 Å². The summed E-state index contributed by atoms with van der Waals surface area (Å²) in [6, 6.07) is 22.1. The van der Waals surface area contributed by atoms with Crippen LogP contribution >= 0.6 is 15.3 Å². The lowest BCUT2D eigenvalue weighted by Gasteiger charge is -2.29. The number of H-pyrrole nitrogens is 1. The molecule has 0 saturated carbocycles. The van der Waals surface area contributed by atoms with Gasteiger partial charge in [-0.3, -0.25) is 4.57 Å². The number of para-hydroxylation sites is 3. The zero-order valence-electron chi connectivity index (χ0n) is 19.3. The van der Waals surface area contributed by atoms with Gasteiger partial charge in [0.2, 0.25) is 0 Å². The summed E-state index contributed by atoms with van der Waals surface area (Å²) in [5.74, 6) is -0.371. The third-order valence-corrected chi connectivity index (χ3v) is 9.56. The van der Waals surface area contributed by atoms with Gasteiger partial charge >= 0.3 is 15.3 Å². The predicted molar refractivity (Wildman–Crippen MR) is 136 cm³/mol. The Morgan fingerprint density at radius 2 is 1.43 bits per heavy atom. The minimum atomic E-state index is -4.14. The van der Waals surface area contributed by atoms with Gasteiger partial charge in [0.15, 0.2) is 0 Å². The quantitative estimate of drug-likeness (QED) is 0.240. The number of hydrogen-bond acceptors (Lipinski definition) is 6. The molecule has 0 fully saturated rings. The number of fused-ring (bicyclic) bond motifs is 4. The maximum absolute atomic E-state index is 14.3. The molecule has 2 N–H and O–H groups in total. The normalized spacial score (nSPS) is 15.4. The molecule has 1 aliphatic rings. The van der Waals surface area contributed by atoms with Crippen LogP contribution in [0.5, 0.6) is 11.5 Å². The summed E-state index contributed by atoms with van der Waals surface area (Å²) in [7, 11) is -8.01. The molecule has 0 bridgehead atoms. The zero-order valence-corrected chi connectivity index (χ0v) is 21.1. The molecular formula is C25H26N2O6P2. The molecule has 4 aromatic rings. The first-order chi connectivity index (χ1) is 17.0. The average Bonchev–Trinajstić information content (AvgIpc) is 3.22. The topological polar surface area (TPSA) is 98.9 Å². The van der Waals surface area contributed by atoms with Gasteiger partial charge in [0.1, 0.15) is 17.3 Å². The molecule has 0 radical (unpaired) electrons. The molecule has 1 atom stereocenters. The number of aromatic nitrogens is 1. The van der Waals surface area contributed by atoms with Crippen molar-refractivity contribution < 1.29 is 27.2 Å². The van der Waals surface area contributed by atoms with E-state index >= 15 is 0 Å². The third-order valence-electron chi connectivity index (χ3n) is 5.63. The fourth-order valence-corrected chi connectivity index (χ4v) is 8.25. The van der Waals surface area contributed by atoms with Crippen molar-refractivity contribution in [2.24, 2.45) is 0 Å². The van der Waals surface area contributed by atoms with Gasteiger partial charge in [-0.1, -0.05) is 54.6 Å². The fraction of sp³-hybridized carbons (Fsp3) is 0.200. The number of rotatable bonds is 8. The van der Waals surface area contributed by atoms with E-state index in [2.05, 4.69) is 10.1 Å². The van der Waals surface area contributed by atoms with E-state index in [1.807, 2.05) is 48.5 Å². The Morgan fingerprint density at radius 1 is 0.886 bits per heavy atom. The highest BCUT2D eigenvalue weighted by Crippen LogP contribution is 2.65. The lowest BCUT2D eigenvalue weighted by Crippen LogP contribution is -2.25. The Bertz CT molecular complexity index is 1390. The minimum Gasteiger partial charge on any atom is -0.404 e. The molecule has 0 aliphatic carbocycles. The average molecular weight is 512 g/mol. The Kier molecular flexibility index (Phi) is 6.58. The standard InChI is InChI=1S/C25H26N2O6P2/c1-3-30-34(28,31-4-2)25(21-17-26-22-14-8-5-11-18(21)22)27-35(29)32-23-15-9-6-12-19(23)20-13-7-10-16-24(20)33-35/h5-17,25-26H,3-4H2,1-2H3,(H,27,29). The van der Waals surface area contributed by atoms with Gasteiger partial charge in [-0.15, -0.1) is 0 Å². The van der Waals surface area contributed by atoms with E-state index in [-0.39, 0.29) is 13.2 Å². The molecule has 1 aliphatic heterocycles. The lowest BCUT2D eigenvalue weighted by molar-refractivity contribution is 0.209. The van der Waals surface area contributed by atoms with Crippen molar-refractivity contribution in [2.75, 3.05) is 13.2 Å². The maximum Gasteiger partial charge on any atom is 0.514 e. The third kappa shape index (κ3) is 4.56. The van der Waals surface area contributed by atoms with Gasteiger partial charge in [-0.2, -0.15) is 5.09 Å². The van der Waals surface area contributed by atoms with Crippen LogP contribution in [0.4, 0.5) is 0 Å². The molecule has 1 unspecified atom stereocenters. The summed E-state index contributed by atoms with van der Waals surface area (Å²) in [6.45, 7) is 3.72. The molecule has 8 nitrogen and oxygen atoms in total. The van der Waals surface area contributed by atoms with Crippen molar-refractivity contribution >= 4 is 26.2 Å². The van der Waals surface area contributed by atoms with E-state index < -0.39 is 21.1 Å². The summed E-state index contributed by atoms with van der Waals surface area (Å²) in [5.41, 5.74) is 2.87. The molecular weight excluding hydrogens is 486 g/mol. The molecule has 5 rings (SSSR count). The van der Waals surface area contributed by atoms with Crippen molar-refractivity contribution in [1.82, 2.24) is 10.1 Å². The van der Waals surface area contributed by atoms with E-state index in [1.165, 1.54) is 0 Å². The monoisotopic (exact) mass is 512 g/mol. The maximum atomic E-state index is 14.3. The van der Waals surface area contributed by atoms with Crippen LogP contribution in [0.15, 0.2) is 79.0 Å². The first kappa shape index (κ1) is 23.9. The minimum absolute atomic E-state index is 0.134. The highest BCUT2D eigenvalue weighted by molar-refractivity contribution is 7.57. The Morgan fingerprint density at radius 3 is 2.03 bits per heavy atom. The predicted octanol–water partition coefficient (Wildman–Crippen LogP) is 7.27. The van der Waals surface area contributed by atoms with E-state index in [0.29, 0.717) is 17.1 Å². The van der Waals surface area contributed by atoms with E-state index in [9.17, 15) is 9.13 Å². The number of nitrogens with one attached hydrogen (secondary N) is 2. The number of hydrogen-bond donors (Lipinski definition) is 2. The Balaban J connectivity index is 1.64. The zero-order chi connectivity index (χ0) is 24.5. The van der Waals surface area contributed by atoms with Crippen LogP contribution in [0.3, 0.4) is 0 Å². The smallest absolute Gasteiger partial charge is 0.404 e. The molecule has 182 valence electrons. The molecule has 0 amide bonds. The molecule has 35 heavy (non-hydrogen) atoms. The molecule has 2 heterocycles. The van der Waals surface area contributed by atoms with E-state index in [1.54, 1.807) is 44.3 Å². The van der Waals surface area contributed by atoms with E-state index in [4.69, 9.17) is 18.1 Å². The highest BCUT2D eigenvalue weighted by atomic mass is 31.2. The van der Waals surface area contributed by atoms with Gasteiger partial charge in [0.25, 0.3) is 0 Å². The molecule has 1 aromatic heterocycles. The van der Waals surface area contributed by atoms with Crippen molar-refractivity contribution in [3.05, 3.63) is 84.6 Å². The van der Waals surface area contributed by atoms with E-state index in [0.717, 1.165) is 22.0 Å². The van der Waals surface area contributed by atoms with Crippen molar-refractivity contribution in [2.45, 2.75) is 19.6 Å². The van der Waals surface area contributed by atoms with Gasteiger partial charge in [-0.25, -0.2) is 4.57 Å². The van der Waals surface area contributed by atoms with Crippen molar-refractivity contribution in [3.63, 3.8) is 0 Å². The van der Waals surface area contributed by atoms with Crippen LogP contribution in [0.25, 0.3) is 22.0 Å². The van der Waals surface area contributed by atoms with Gasteiger partial charge in [0.05, 0.1) is 13.2 Å². The summed E-state index contributed by atoms with van der Waals surface area (Å²) >= 11 is 0. The first-order valence-electron chi connectivity index (χ1n) is 11.4. The molecule has 0 spiro atoms.